The van der Waals surface area contributed by atoms with Crippen LogP contribution in [0.1, 0.15) is 10.4 Å². The van der Waals surface area contributed by atoms with Gasteiger partial charge in [-0.15, -0.1) is 0 Å². The van der Waals surface area contributed by atoms with Crippen molar-refractivity contribution in [3.63, 3.8) is 0 Å². The number of carbonyl (C=O) groups is 1. The highest BCUT2D eigenvalue weighted by Gasteiger charge is 2.18. The Bertz CT molecular complexity index is 641. The van der Waals surface area contributed by atoms with Gasteiger partial charge in [0, 0.05) is 18.4 Å². The Morgan fingerprint density at radius 3 is 2.50 bits per heavy atom. The molecule has 0 fully saturated rings. The maximum atomic E-state index is 12.5. The summed E-state index contributed by atoms with van der Waals surface area (Å²) in [5.41, 5.74) is 13.5. The molecule has 0 aliphatic rings. The molecular weight excluding hydrogens is 254 g/mol. The summed E-state index contributed by atoms with van der Waals surface area (Å²) in [7, 11) is 3.24. The molecule has 0 heterocycles. The molecule has 2 rings (SSSR count). The summed E-state index contributed by atoms with van der Waals surface area (Å²) in [6, 6.07) is 12.1. The zero-order chi connectivity index (χ0) is 14.7. The molecule has 0 spiro atoms. The van der Waals surface area contributed by atoms with E-state index in [4.69, 9.17) is 16.2 Å². The van der Waals surface area contributed by atoms with Gasteiger partial charge in [-0.2, -0.15) is 0 Å². The summed E-state index contributed by atoms with van der Waals surface area (Å²) in [4.78, 5) is 14.0. The molecule has 0 bridgehead atoms. The predicted octanol–water partition coefficient (Wildman–Crippen LogP) is 2.14. The number of ether oxygens (including phenoxy) is 1. The maximum absolute atomic E-state index is 12.5. The molecule has 104 valence electrons. The molecule has 0 unspecified atom stereocenters. The average molecular weight is 271 g/mol. The van der Waals surface area contributed by atoms with Gasteiger partial charge in [-0.3, -0.25) is 4.79 Å². The van der Waals surface area contributed by atoms with Gasteiger partial charge >= 0.3 is 0 Å². The van der Waals surface area contributed by atoms with Gasteiger partial charge in [0.15, 0.2) is 0 Å². The van der Waals surface area contributed by atoms with E-state index in [1.54, 1.807) is 38.4 Å². The summed E-state index contributed by atoms with van der Waals surface area (Å²) in [6.07, 6.45) is 0. The first-order chi connectivity index (χ1) is 9.54. The molecule has 0 saturated carbocycles. The van der Waals surface area contributed by atoms with E-state index in [1.165, 1.54) is 4.90 Å². The monoisotopic (exact) mass is 271 g/mol. The summed E-state index contributed by atoms with van der Waals surface area (Å²) in [6.45, 7) is 0. The van der Waals surface area contributed by atoms with Crippen molar-refractivity contribution in [2.45, 2.75) is 0 Å². The van der Waals surface area contributed by atoms with Gasteiger partial charge in [0.05, 0.1) is 18.4 Å². The Morgan fingerprint density at radius 1 is 1.15 bits per heavy atom. The fourth-order valence-electron chi connectivity index (χ4n) is 1.97. The van der Waals surface area contributed by atoms with Gasteiger partial charge in [-0.25, -0.2) is 0 Å². The lowest BCUT2D eigenvalue weighted by Crippen LogP contribution is -2.27. The van der Waals surface area contributed by atoms with Crippen LogP contribution in [0.15, 0.2) is 42.5 Å². The van der Waals surface area contributed by atoms with Crippen LogP contribution >= 0.6 is 0 Å². The number of para-hydroxylation sites is 2. The lowest BCUT2D eigenvalue weighted by atomic mass is 10.1. The third kappa shape index (κ3) is 2.51. The van der Waals surface area contributed by atoms with Crippen LogP contribution in [0, 0.1) is 0 Å². The number of nitrogens with two attached hydrogens (primary N) is 2. The van der Waals surface area contributed by atoms with Gasteiger partial charge < -0.3 is 21.1 Å². The highest BCUT2D eigenvalue weighted by Crippen LogP contribution is 2.28. The van der Waals surface area contributed by atoms with Crippen molar-refractivity contribution < 1.29 is 9.53 Å². The van der Waals surface area contributed by atoms with E-state index in [0.717, 1.165) is 0 Å². The van der Waals surface area contributed by atoms with Crippen molar-refractivity contribution >= 4 is 23.0 Å². The van der Waals surface area contributed by atoms with Crippen molar-refractivity contribution in [2.24, 2.45) is 0 Å². The lowest BCUT2D eigenvalue weighted by Gasteiger charge is -2.20. The van der Waals surface area contributed by atoms with Crippen LogP contribution < -0.4 is 21.1 Å². The van der Waals surface area contributed by atoms with E-state index in [-0.39, 0.29) is 5.91 Å². The topological polar surface area (TPSA) is 81.6 Å². The molecule has 1 amide bonds. The third-order valence-corrected chi connectivity index (χ3v) is 3.06. The zero-order valence-corrected chi connectivity index (χ0v) is 11.5. The number of hydrogen-bond donors (Lipinski definition) is 2. The SMILES string of the molecule is COc1ccccc1N(C)C(=O)c1ccc(N)cc1N. The van der Waals surface area contributed by atoms with Crippen LogP contribution in [0.2, 0.25) is 0 Å². The van der Waals surface area contributed by atoms with Crippen molar-refractivity contribution in [1.29, 1.82) is 0 Å². The normalized spacial score (nSPS) is 10.1. The largest absolute Gasteiger partial charge is 0.495 e. The molecular formula is C15H17N3O2. The Morgan fingerprint density at radius 2 is 1.85 bits per heavy atom. The number of rotatable bonds is 3. The molecule has 0 aromatic heterocycles. The standard InChI is InChI=1S/C15H17N3O2/c1-18(13-5-3-4-6-14(13)20-2)15(19)11-8-7-10(16)9-12(11)17/h3-9H,16-17H2,1-2H3. The summed E-state index contributed by atoms with van der Waals surface area (Å²) < 4.78 is 5.26. The molecule has 2 aromatic rings. The van der Waals surface area contributed by atoms with Crippen LogP contribution in [0.25, 0.3) is 0 Å². The Labute approximate surface area is 117 Å². The third-order valence-electron chi connectivity index (χ3n) is 3.06. The molecule has 0 aliphatic carbocycles. The smallest absolute Gasteiger partial charge is 0.260 e. The first kappa shape index (κ1) is 13.7. The molecule has 0 saturated heterocycles. The van der Waals surface area contributed by atoms with Crippen LogP contribution in [0.5, 0.6) is 5.75 Å². The second kappa shape index (κ2) is 5.52. The molecule has 2 aromatic carbocycles. The number of methoxy groups -OCH3 is 1. The van der Waals surface area contributed by atoms with Crippen molar-refractivity contribution in [2.75, 3.05) is 30.5 Å². The molecule has 4 N–H and O–H groups in total. The van der Waals surface area contributed by atoms with Crippen LogP contribution in [0.4, 0.5) is 17.1 Å². The maximum Gasteiger partial charge on any atom is 0.260 e. The van der Waals surface area contributed by atoms with E-state index in [2.05, 4.69) is 0 Å². The van der Waals surface area contributed by atoms with Gasteiger partial charge in [-0.1, -0.05) is 12.1 Å². The van der Waals surface area contributed by atoms with Crippen molar-refractivity contribution in [1.82, 2.24) is 0 Å². The second-order valence-corrected chi connectivity index (χ2v) is 4.38. The van der Waals surface area contributed by atoms with E-state index >= 15 is 0 Å². The highest BCUT2D eigenvalue weighted by molar-refractivity contribution is 6.09. The number of amides is 1. The molecule has 5 nitrogen and oxygen atoms in total. The van der Waals surface area contributed by atoms with Gasteiger partial charge in [0.25, 0.3) is 5.91 Å². The van der Waals surface area contributed by atoms with Crippen molar-refractivity contribution in [3.05, 3.63) is 48.0 Å². The summed E-state index contributed by atoms with van der Waals surface area (Å²) in [5, 5.41) is 0. The van der Waals surface area contributed by atoms with E-state index in [9.17, 15) is 4.79 Å². The number of nitrogens with zero attached hydrogens (tertiary/aromatic N) is 1. The number of hydrogen-bond acceptors (Lipinski definition) is 4. The minimum absolute atomic E-state index is 0.216. The number of nitrogen functional groups attached to an aromatic ring is 2. The van der Waals surface area contributed by atoms with Crippen LogP contribution in [0.3, 0.4) is 0 Å². The fraction of sp³-hybridized carbons (Fsp3) is 0.133. The van der Waals surface area contributed by atoms with E-state index in [1.807, 2.05) is 18.2 Å². The Kier molecular flexibility index (Phi) is 3.79. The number of carbonyl (C=O) groups excluding carboxylic acids is 1. The predicted molar refractivity (Wildman–Crippen MR) is 81.0 cm³/mol. The molecule has 0 atom stereocenters. The number of benzene rings is 2. The second-order valence-electron chi connectivity index (χ2n) is 4.38. The van der Waals surface area contributed by atoms with Crippen LogP contribution in [-0.2, 0) is 0 Å². The molecule has 0 radical (unpaired) electrons. The number of anilines is 3. The minimum atomic E-state index is -0.216. The minimum Gasteiger partial charge on any atom is -0.495 e. The Balaban J connectivity index is 2.37. The van der Waals surface area contributed by atoms with Crippen LogP contribution in [-0.4, -0.2) is 20.1 Å². The molecule has 5 heteroatoms. The summed E-state index contributed by atoms with van der Waals surface area (Å²) >= 11 is 0. The van der Waals surface area contributed by atoms with Gasteiger partial charge in [0.2, 0.25) is 0 Å². The van der Waals surface area contributed by atoms with Gasteiger partial charge in [0.1, 0.15) is 5.75 Å². The van der Waals surface area contributed by atoms with Gasteiger partial charge in [-0.05, 0) is 30.3 Å². The fourth-order valence-corrected chi connectivity index (χ4v) is 1.97. The quantitative estimate of drug-likeness (QED) is 0.838. The summed E-state index contributed by atoms with van der Waals surface area (Å²) in [5.74, 6) is 0.407. The molecule has 0 aliphatic heterocycles. The molecule has 20 heavy (non-hydrogen) atoms. The first-order valence-electron chi connectivity index (χ1n) is 6.10. The Hall–Kier alpha value is -2.69. The first-order valence-corrected chi connectivity index (χ1v) is 6.10. The highest BCUT2D eigenvalue weighted by atomic mass is 16.5. The van der Waals surface area contributed by atoms with E-state index < -0.39 is 0 Å². The lowest BCUT2D eigenvalue weighted by molar-refractivity contribution is 0.0993. The zero-order valence-electron chi connectivity index (χ0n) is 11.5. The van der Waals surface area contributed by atoms with Crippen molar-refractivity contribution in [3.8, 4) is 5.75 Å². The average Bonchev–Trinajstić information content (AvgIpc) is 2.45. The van der Waals surface area contributed by atoms with E-state index in [0.29, 0.717) is 28.4 Å².